The van der Waals surface area contributed by atoms with E-state index in [2.05, 4.69) is 5.92 Å². The standard InChI is InChI=1S/C14H16FNO/c1-4-9-16(10-5-2)14(17)12-8-6-7-11(3)13(12)15/h1,6-8H,5,9-10H2,2-3H3. The van der Waals surface area contributed by atoms with E-state index in [1.807, 2.05) is 6.92 Å². The van der Waals surface area contributed by atoms with Crippen molar-refractivity contribution in [2.24, 2.45) is 0 Å². The largest absolute Gasteiger partial charge is 0.327 e. The van der Waals surface area contributed by atoms with Crippen LogP contribution in [-0.2, 0) is 0 Å². The molecule has 90 valence electrons. The second-order valence-electron chi connectivity index (χ2n) is 3.87. The van der Waals surface area contributed by atoms with Gasteiger partial charge in [0.1, 0.15) is 5.82 Å². The van der Waals surface area contributed by atoms with Gasteiger partial charge in [0.25, 0.3) is 5.91 Å². The Morgan fingerprint density at radius 3 is 2.82 bits per heavy atom. The number of rotatable bonds is 4. The summed E-state index contributed by atoms with van der Waals surface area (Å²) in [5.41, 5.74) is 0.557. The average molecular weight is 233 g/mol. The molecule has 0 aliphatic rings. The molecule has 0 N–H and O–H groups in total. The summed E-state index contributed by atoms with van der Waals surface area (Å²) in [6.45, 7) is 4.33. The van der Waals surface area contributed by atoms with Crippen molar-refractivity contribution in [3.05, 3.63) is 35.1 Å². The van der Waals surface area contributed by atoms with Crippen LogP contribution < -0.4 is 0 Å². The van der Waals surface area contributed by atoms with E-state index in [-0.39, 0.29) is 18.0 Å². The van der Waals surface area contributed by atoms with Crippen molar-refractivity contribution in [2.45, 2.75) is 20.3 Å². The third-order valence-electron chi connectivity index (χ3n) is 2.49. The number of amides is 1. The minimum Gasteiger partial charge on any atom is -0.327 e. The highest BCUT2D eigenvalue weighted by molar-refractivity contribution is 5.94. The van der Waals surface area contributed by atoms with E-state index in [0.717, 1.165) is 6.42 Å². The van der Waals surface area contributed by atoms with Crippen LogP contribution in [0.1, 0.15) is 29.3 Å². The molecule has 0 aromatic heterocycles. The number of nitrogens with zero attached hydrogens (tertiary/aromatic N) is 1. The first-order chi connectivity index (χ1) is 8.11. The van der Waals surface area contributed by atoms with Crippen LogP contribution in [0.25, 0.3) is 0 Å². The van der Waals surface area contributed by atoms with Gasteiger partial charge in [-0.25, -0.2) is 4.39 Å². The Bertz CT molecular complexity index is 448. The third-order valence-corrected chi connectivity index (χ3v) is 2.49. The second kappa shape index (κ2) is 6.05. The molecule has 0 heterocycles. The molecule has 1 rings (SSSR count). The SMILES string of the molecule is C#CCN(CCC)C(=O)c1cccc(C)c1F. The maximum atomic E-state index is 13.8. The summed E-state index contributed by atoms with van der Waals surface area (Å²) < 4.78 is 13.8. The average Bonchev–Trinajstić information content (AvgIpc) is 2.31. The van der Waals surface area contributed by atoms with Gasteiger partial charge in [0.05, 0.1) is 12.1 Å². The number of halogens is 1. The summed E-state index contributed by atoms with van der Waals surface area (Å²) in [4.78, 5) is 13.6. The number of carbonyl (C=O) groups excluding carboxylic acids is 1. The summed E-state index contributed by atoms with van der Waals surface area (Å²) in [6.07, 6.45) is 6.00. The topological polar surface area (TPSA) is 20.3 Å². The molecule has 1 aromatic rings. The first kappa shape index (κ1) is 13.2. The third kappa shape index (κ3) is 3.07. The van der Waals surface area contributed by atoms with Gasteiger partial charge in [0.2, 0.25) is 0 Å². The fourth-order valence-electron chi connectivity index (χ4n) is 1.62. The molecule has 2 nitrogen and oxygen atoms in total. The van der Waals surface area contributed by atoms with Crippen LogP contribution in [0.4, 0.5) is 4.39 Å². The van der Waals surface area contributed by atoms with Crippen molar-refractivity contribution in [3.8, 4) is 12.3 Å². The van der Waals surface area contributed by atoms with Crippen LogP contribution in [0.5, 0.6) is 0 Å². The highest BCUT2D eigenvalue weighted by Crippen LogP contribution is 2.14. The summed E-state index contributed by atoms with van der Waals surface area (Å²) in [6, 6.07) is 4.80. The molecule has 1 amide bonds. The minimum absolute atomic E-state index is 0.0914. The van der Waals surface area contributed by atoms with Gasteiger partial charge in [-0.05, 0) is 25.0 Å². The smallest absolute Gasteiger partial charge is 0.257 e. The molecule has 0 aliphatic heterocycles. The Hall–Kier alpha value is -1.82. The lowest BCUT2D eigenvalue weighted by atomic mass is 10.1. The molecule has 0 aliphatic carbocycles. The van der Waals surface area contributed by atoms with Crippen LogP contribution in [0, 0.1) is 25.1 Å². The summed E-state index contributed by atoms with van der Waals surface area (Å²) in [7, 11) is 0. The fraction of sp³-hybridized carbons (Fsp3) is 0.357. The van der Waals surface area contributed by atoms with E-state index in [4.69, 9.17) is 6.42 Å². The molecule has 1 aromatic carbocycles. The number of benzene rings is 1. The summed E-state index contributed by atoms with van der Waals surface area (Å²) in [5.74, 6) is 1.62. The zero-order valence-corrected chi connectivity index (χ0v) is 10.2. The van der Waals surface area contributed by atoms with E-state index in [1.54, 1.807) is 19.1 Å². The fourth-order valence-corrected chi connectivity index (χ4v) is 1.62. The van der Waals surface area contributed by atoms with Crippen molar-refractivity contribution in [2.75, 3.05) is 13.1 Å². The molecule has 0 fully saturated rings. The molecule has 17 heavy (non-hydrogen) atoms. The van der Waals surface area contributed by atoms with Gasteiger partial charge >= 0.3 is 0 Å². The molecule has 0 radical (unpaired) electrons. The van der Waals surface area contributed by atoms with Gasteiger partial charge in [0.15, 0.2) is 0 Å². The van der Waals surface area contributed by atoms with Crippen molar-refractivity contribution in [3.63, 3.8) is 0 Å². The molecule has 0 atom stereocenters. The monoisotopic (exact) mass is 233 g/mol. The Kier molecular flexibility index (Phi) is 4.71. The first-order valence-corrected chi connectivity index (χ1v) is 5.59. The first-order valence-electron chi connectivity index (χ1n) is 5.59. The van der Waals surface area contributed by atoms with Gasteiger partial charge in [-0.15, -0.1) is 6.42 Å². The minimum atomic E-state index is -0.462. The number of hydrogen-bond acceptors (Lipinski definition) is 1. The van der Waals surface area contributed by atoms with Crippen molar-refractivity contribution in [1.82, 2.24) is 4.90 Å². The van der Waals surface area contributed by atoms with Crippen LogP contribution in [0.3, 0.4) is 0 Å². The Balaban J connectivity index is 3.01. The van der Waals surface area contributed by atoms with E-state index in [1.165, 1.54) is 11.0 Å². The Morgan fingerprint density at radius 2 is 2.24 bits per heavy atom. The predicted molar refractivity (Wildman–Crippen MR) is 66.2 cm³/mol. The quantitative estimate of drug-likeness (QED) is 0.732. The van der Waals surface area contributed by atoms with Crippen LogP contribution in [0.15, 0.2) is 18.2 Å². The molecule has 0 unspecified atom stereocenters. The normalized spacial score (nSPS) is 9.76. The molecule has 0 bridgehead atoms. The predicted octanol–water partition coefficient (Wildman–Crippen LogP) is 2.62. The Labute approximate surface area is 101 Å². The van der Waals surface area contributed by atoms with E-state index in [9.17, 15) is 9.18 Å². The number of hydrogen-bond donors (Lipinski definition) is 0. The number of terminal acetylenes is 1. The van der Waals surface area contributed by atoms with Gasteiger partial charge < -0.3 is 4.90 Å². The van der Waals surface area contributed by atoms with E-state index >= 15 is 0 Å². The number of aryl methyl sites for hydroxylation is 1. The van der Waals surface area contributed by atoms with Gasteiger partial charge in [-0.3, -0.25) is 4.79 Å². The second-order valence-corrected chi connectivity index (χ2v) is 3.87. The number of carbonyl (C=O) groups is 1. The lowest BCUT2D eigenvalue weighted by Crippen LogP contribution is -2.32. The zero-order valence-electron chi connectivity index (χ0n) is 10.2. The molecular formula is C14H16FNO. The Morgan fingerprint density at radius 1 is 1.53 bits per heavy atom. The van der Waals surface area contributed by atoms with Crippen molar-refractivity contribution >= 4 is 5.91 Å². The maximum absolute atomic E-state index is 13.8. The summed E-state index contributed by atoms with van der Waals surface area (Å²) >= 11 is 0. The van der Waals surface area contributed by atoms with Crippen LogP contribution >= 0.6 is 0 Å². The van der Waals surface area contributed by atoms with E-state index in [0.29, 0.717) is 12.1 Å². The zero-order chi connectivity index (χ0) is 12.8. The lowest BCUT2D eigenvalue weighted by Gasteiger charge is -2.20. The summed E-state index contributed by atoms with van der Waals surface area (Å²) in [5, 5.41) is 0. The molecule has 0 spiro atoms. The van der Waals surface area contributed by atoms with Crippen LogP contribution in [0.2, 0.25) is 0 Å². The maximum Gasteiger partial charge on any atom is 0.257 e. The van der Waals surface area contributed by atoms with Gasteiger partial charge in [-0.1, -0.05) is 25.0 Å². The van der Waals surface area contributed by atoms with Crippen molar-refractivity contribution in [1.29, 1.82) is 0 Å². The molecule has 0 saturated heterocycles. The molecule has 0 saturated carbocycles. The van der Waals surface area contributed by atoms with Crippen molar-refractivity contribution < 1.29 is 9.18 Å². The van der Waals surface area contributed by atoms with Gasteiger partial charge in [0, 0.05) is 6.54 Å². The highest BCUT2D eigenvalue weighted by Gasteiger charge is 2.18. The lowest BCUT2D eigenvalue weighted by molar-refractivity contribution is 0.0772. The highest BCUT2D eigenvalue weighted by atomic mass is 19.1. The van der Waals surface area contributed by atoms with Gasteiger partial charge in [-0.2, -0.15) is 0 Å². The van der Waals surface area contributed by atoms with E-state index < -0.39 is 5.82 Å². The molecule has 3 heteroatoms. The molecular weight excluding hydrogens is 217 g/mol. The van der Waals surface area contributed by atoms with Crippen LogP contribution in [-0.4, -0.2) is 23.9 Å².